The molecule has 0 saturated heterocycles. The third kappa shape index (κ3) is 2.42. The minimum atomic E-state index is -0.342. The van der Waals surface area contributed by atoms with Gasteiger partial charge in [0.1, 0.15) is 5.15 Å². The number of carbonyl (C=O) groups is 1. The molecule has 0 bridgehead atoms. The molecular weight excluding hydrogens is 290 g/mol. The summed E-state index contributed by atoms with van der Waals surface area (Å²) in [5.74, 6) is -0.342. The van der Waals surface area contributed by atoms with Gasteiger partial charge in [-0.2, -0.15) is 5.10 Å². The molecule has 0 unspecified atom stereocenters. The Bertz CT molecular complexity index is 692. The molecule has 5 nitrogen and oxygen atoms in total. The monoisotopic (exact) mass is 305 g/mol. The molecule has 0 spiro atoms. The summed E-state index contributed by atoms with van der Waals surface area (Å²) in [6.45, 7) is 4.15. The van der Waals surface area contributed by atoms with Crippen LogP contribution in [0, 0.1) is 6.92 Å². The van der Waals surface area contributed by atoms with E-state index < -0.39 is 0 Å². The van der Waals surface area contributed by atoms with Crippen molar-refractivity contribution in [3.8, 4) is 0 Å². The lowest BCUT2D eigenvalue weighted by molar-refractivity contribution is 0.0526. The first-order valence-electron chi connectivity index (χ1n) is 6.92. The Morgan fingerprint density at radius 3 is 2.86 bits per heavy atom. The van der Waals surface area contributed by atoms with E-state index in [0.717, 1.165) is 24.0 Å². The zero-order valence-corrected chi connectivity index (χ0v) is 12.7. The van der Waals surface area contributed by atoms with E-state index in [1.807, 2.05) is 17.7 Å². The summed E-state index contributed by atoms with van der Waals surface area (Å²) in [5.41, 5.74) is 2.46. The number of rotatable bonds is 4. The van der Waals surface area contributed by atoms with Gasteiger partial charge in [0.05, 0.1) is 23.9 Å². The largest absolute Gasteiger partial charge is 0.462 e. The molecule has 2 heterocycles. The summed E-state index contributed by atoms with van der Waals surface area (Å²) >= 11 is 5.92. The molecule has 0 radical (unpaired) electrons. The predicted octanol–water partition coefficient (Wildman–Crippen LogP) is 2.95. The summed E-state index contributed by atoms with van der Waals surface area (Å²) in [6, 6.07) is 1.85. The maximum Gasteiger partial charge on any atom is 0.341 e. The number of pyridine rings is 1. The number of hydrogen-bond acceptors (Lipinski definition) is 4. The van der Waals surface area contributed by atoms with E-state index in [9.17, 15) is 4.79 Å². The van der Waals surface area contributed by atoms with Crippen LogP contribution in [0.2, 0.25) is 5.15 Å². The van der Waals surface area contributed by atoms with E-state index in [1.165, 1.54) is 0 Å². The van der Waals surface area contributed by atoms with Crippen molar-refractivity contribution in [2.24, 2.45) is 0 Å². The zero-order chi connectivity index (χ0) is 15.0. The molecule has 0 N–H and O–H groups in total. The van der Waals surface area contributed by atoms with E-state index in [1.54, 1.807) is 25.5 Å². The number of nitrogens with zero attached hydrogens (tertiary/aromatic N) is 3. The number of hydrogen-bond donors (Lipinski definition) is 0. The van der Waals surface area contributed by atoms with Gasteiger partial charge in [0.15, 0.2) is 0 Å². The summed E-state index contributed by atoms with van der Waals surface area (Å²) in [7, 11) is 0. The molecule has 1 aliphatic carbocycles. The van der Waals surface area contributed by atoms with Crippen molar-refractivity contribution in [3.05, 3.63) is 46.5 Å². The van der Waals surface area contributed by atoms with Crippen molar-refractivity contribution in [3.63, 3.8) is 0 Å². The van der Waals surface area contributed by atoms with Gasteiger partial charge in [0.25, 0.3) is 0 Å². The first-order chi connectivity index (χ1) is 10.1. The van der Waals surface area contributed by atoms with Crippen LogP contribution in [0.3, 0.4) is 0 Å². The fourth-order valence-electron chi connectivity index (χ4n) is 2.63. The molecule has 0 aromatic carbocycles. The van der Waals surface area contributed by atoms with E-state index in [0.29, 0.717) is 17.3 Å². The van der Waals surface area contributed by atoms with Crippen molar-refractivity contribution in [1.82, 2.24) is 14.8 Å². The molecule has 0 amide bonds. The second-order valence-corrected chi connectivity index (χ2v) is 5.63. The van der Waals surface area contributed by atoms with Crippen LogP contribution in [0.15, 0.2) is 24.7 Å². The maximum atomic E-state index is 11.7. The summed E-state index contributed by atoms with van der Waals surface area (Å²) in [5, 5.41) is 4.83. The highest BCUT2D eigenvalue weighted by atomic mass is 35.5. The lowest BCUT2D eigenvalue weighted by Gasteiger charge is -2.18. The minimum absolute atomic E-state index is 0.202. The van der Waals surface area contributed by atoms with Gasteiger partial charge in [-0.3, -0.25) is 4.68 Å². The Balaban J connectivity index is 1.94. The lowest BCUT2D eigenvalue weighted by atomic mass is 10.0. The van der Waals surface area contributed by atoms with Crippen molar-refractivity contribution >= 4 is 17.6 Å². The molecule has 21 heavy (non-hydrogen) atoms. The first-order valence-corrected chi connectivity index (χ1v) is 7.29. The number of aryl methyl sites for hydroxylation is 1. The van der Waals surface area contributed by atoms with Gasteiger partial charge in [-0.25, -0.2) is 9.78 Å². The van der Waals surface area contributed by atoms with Gasteiger partial charge in [0.2, 0.25) is 0 Å². The number of aromatic nitrogens is 3. The van der Waals surface area contributed by atoms with Gasteiger partial charge in [-0.1, -0.05) is 11.6 Å². The number of carbonyl (C=O) groups excluding carboxylic acids is 1. The Morgan fingerprint density at radius 2 is 2.24 bits per heavy atom. The third-order valence-corrected chi connectivity index (χ3v) is 4.04. The highest BCUT2D eigenvalue weighted by Gasteiger charge is 2.48. The smallest absolute Gasteiger partial charge is 0.341 e. The van der Waals surface area contributed by atoms with E-state index in [-0.39, 0.29) is 11.5 Å². The van der Waals surface area contributed by atoms with Gasteiger partial charge < -0.3 is 4.74 Å². The van der Waals surface area contributed by atoms with Crippen LogP contribution in [0.25, 0.3) is 0 Å². The molecule has 1 saturated carbocycles. The van der Waals surface area contributed by atoms with Crippen LogP contribution < -0.4 is 0 Å². The normalized spacial score (nSPS) is 15.8. The second-order valence-electron chi connectivity index (χ2n) is 5.25. The van der Waals surface area contributed by atoms with Gasteiger partial charge in [0, 0.05) is 18.0 Å². The van der Waals surface area contributed by atoms with E-state index in [4.69, 9.17) is 16.3 Å². The molecular formula is C15H16ClN3O2. The minimum Gasteiger partial charge on any atom is -0.462 e. The van der Waals surface area contributed by atoms with Crippen molar-refractivity contribution in [2.75, 3.05) is 6.61 Å². The highest BCUT2D eigenvalue weighted by molar-refractivity contribution is 6.29. The number of ether oxygens (including phenoxy) is 1. The van der Waals surface area contributed by atoms with Crippen LogP contribution in [0.4, 0.5) is 0 Å². The topological polar surface area (TPSA) is 57.0 Å². The highest BCUT2D eigenvalue weighted by Crippen LogP contribution is 2.50. The Morgan fingerprint density at radius 1 is 1.48 bits per heavy atom. The maximum absolute atomic E-state index is 11.7. The van der Waals surface area contributed by atoms with Gasteiger partial charge >= 0.3 is 5.97 Å². The number of halogens is 1. The van der Waals surface area contributed by atoms with Crippen LogP contribution >= 0.6 is 11.6 Å². The molecule has 2 aromatic rings. The summed E-state index contributed by atoms with van der Waals surface area (Å²) in [6.07, 6.45) is 7.05. The van der Waals surface area contributed by atoms with Crippen molar-refractivity contribution in [1.29, 1.82) is 0 Å². The molecule has 110 valence electrons. The van der Waals surface area contributed by atoms with Crippen LogP contribution in [0.1, 0.15) is 41.3 Å². The molecule has 0 aliphatic heterocycles. The molecule has 3 rings (SSSR count). The Kier molecular flexibility index (Phi) is 3.45. The van der Waals surface area contributed by atoms with Gasteiger partial charge in [-0.05, 0) is 38.3 Å². The average molecular weight is 306 g/mol. The summed E-state index contributed by atoms with van der Waals surface area (Å²) < 4.78 is 6.84. The van der Waals surface area contributed by atoms with Crippen LogP contribution in [0.5, 0.6) is 0 Å². The average Bonchev–Trinajstić information content (AvgIpc) is 3.08. The lowest BCUT2D eigenvalue weighted by Crippen LogP contribution is -2.20. The zero-order valence-electron chi connectivity index (χ0n) is 12.0. The van der Waals surface area contributed by atoms with Crippen molar-refractivity contribution < 1.29 is 9.53 Å². The SMILES string of the molecule is CCOC(=O)c1cnn(C2(c3cnc(Cl)cc3C)CC2)c1. The fraction of sp³-hybridized carbons (Fsp3) is 0.400. The van der Waals surface area contributed by atoms with Crippen LogP contribution in [-0.2, 0) is 10.3 Å². The third-order valence-electron chi connectivity index (χ3n) is 3.83. The van der Waals surface area contributed by atoms with Crippen LogP contribution in [-0.4, -0.2) is 27.3 Å². The quantitative estimate of drug-likeness (QED) is 0.644. The second kappa shape index (κ2) is 5.15. The first kappa shape index (κ1) is 14.1. The Labute approximate surface area is 127 Å². The fourth-order valence-corrected chi connectivity index (χ4v) is 2.84. The predicted molar refractivity (Wildman–Crippen MR) is 78.5 cm³/mol. The van der Waals surface area contributed by atoms with Gasteiger partial charge in [-0.15, -0.1) is 0 Å². The number of esters is 1. The van der Waals surface area contributed by atoms with E-state index >= 15 is 0 Å². The van der Waals surface area contributed by atoms with E-state index in [2.05, 4.69) is 10.1 Å². The molecule has 1 aliphatic rings. The molecule has 0 atom stereocenters. The summed E-state index contributed by atoms with van der Waals surface area (Å²) in [4.78, 5) is 15.9. The van der Waals surface area contributed by atoms with Crippen molar-refractivity contribution in [2.45, 2.75) is 32.2 Å². The standard InChI is InChI=1S/C15H16ClN3O2/c1-3-21-14(20)11-7-18-19(9-11)15(4-5-15)12-8-17-13(16)6-10(12)2/h6-9H,3-5H2,1-2H3. The molecule has 6 heteroatoms. The Hall–Kier alpha value is -1.88. The molecule has 2 aromatic heterocycles. The molecule has 1 fully saturated rings.